The van der Waals surface area contributed by atoms with Gasteiger partial charge in [0.15, 0.2) is 0 Å². The van der Waals surface area contributed by atoms with E-state index in [0.29, 0.717) is 41.9 Å². The van der Waals surface area contributed by atoms with Gasteiger partial charge in [0, 0.05) is 11.3 Å². The maximum atomic E-state index is 13.5. The first-order chi connectivity index (χ1) is 17.7. The summed E-state index contributed by atoms with van der Waals surface area (Å²) in [6, 6.07) is 18.5. The molecule has 0 saturated carbocycles. The number of ether oxygens (including phenoxy) is 2. The molecule has 1 atom stereocenters. The zero-order valence-corrected chi connectivity index (χ0v) is 22.1. The van der Waals surface area contributed by atoms with Gasteiger partial charge in [0.05, 0.1) is 29.9 Å². The topological polar surface area (TPSA) is 76.1 Å². The van der Waals surface area contributed by atoms with Crippen molar-refractivity contribution in [2.45, 2.75) is 33.7 Å². The summed E-state index contributed by atoms with van der Waals surface area (Å²) >= 11 is 6.44. The number of nitrogens with zero attached hydrogens (tertiary/aromatic N) is 1. The van der Waals surface area contributed by atoms with E-state index in [4.69, 9.17) is 21.1 Å². The highest BCUT2D eigenvalue weighted by Gasteiger charge is 2.47. The molecule has 1 unspecified atom stereocenters. The molecule has 4 rings (SSSR count). The van der Waals surface area contributed by atoms with Gasteiger partial charge < -0.3 is 14.6 Å². The fourth-order valence-corrected chi connectivity index (χ4v) is 4.52. The predicted molar refractivity (Wildman–Crippen MR) is 145 cm³/mol. The van der Waals surface area contributed by atoms with Crippen LogP contribution >= 0.6 is 11.6 Å². The van der Waals surface area contributed by atoms with Crippen LogP contribution in [0.15, 0.2) is 72.3 Å². The summed E-state index contributed by atoms with van der Waals surface area (Å²) in [5.74, 6) is -0.475. The molecular weight excluding hydrogens is 490 g/mol. The Bertz CT molecular complexity index is 1360. The summed E-state index contributed by atoms with van der Waals surface area (Å²) in [7, 11) is 0. The van der Waals surface area contributed by atoms with E-state index in [2.05, 4.69) is 13.8 Å². The van der Waals surface area contributed by atoms with Gasteiger partial charge in [-0.25, -0.2) is 0 Å². The fraction of sp³-hybridized carbons (Fsp3) is 0.267. The zero-order valence-electron chi connectivity index (χ0n) is 21.3. The minimum atomic E-state index is -0.892. The summed E-state index contributed by atoms with van der Waals surface area (Å²) < 4.78 is 11.5. The van der Waals surface area contributed by atoms with Crippen LogP contribution in [0.4, 0.5) is 5.69 Å². The summed E-state index contributed by atoms with van der Waals surface area (Å²) in [5, 5.41) is 11.7. The minimum Gasteiger partial charge on any atom is -0.507 e. The van der Waals surface area contributed by atoms with Crippen molar-refractivity contribution < 1.29 is 24.2 Å². The van der Waals surface area contributed by atoms with Gasteiger partial charge in [-0.3, -0.25) is 14.5 Å². The molecule has 3 aromatic carbocycles. The standard InChI is InChI=1S/C30H30ClNO5/c1-5-36-23-12-13-25(31)24(16-23)28(33)26-27(20-9-7-11-22(15-20)37-17-18(2)3)32(30(35)29(26)34)21-10-6-8-19(4)14-21/h6-16,18,27,33H,5,17H2,1-4H3/b28-26+. The number of ketones is 1. The smallest absolute Gasteiger partial charge is 0.300 e. The van der Waals surface area contributed by atoms with Crippen LogP contribution in [0, 0.1) is 12.8 Å². The molecule has 3 aromatic rings. The lowest BCUT2D eigenvalue weighted by atomic mass is 9.94. The molecule has 1 aliphatic rings. The number of carbonyl (C=O) groups is 2. The first-order valence-corrected chi connectivity index (χ1v) is 12.6. The van der Waals surface area contributed by atoms with Crippen LogP contribution in [0.3, 0.4) is 0 Å². The van der Waals surface area contributed by atoms with Crippen molar-refractivity contribution in [3.05, 3.63) is 94.0 Å². The number of halogens is 1. The maximum Gasteiger partial charge on any atom is 0.300 e. The highest BCUT2D eigenvalue weighted by Crippen LogP contribution is 2.44. The normalized spacial score (nSPS) is 16.9. The van der Waals surface area contributed by atoms with Crippen LogP contribution in [0.25, 0.3) is 5.76 Å². The number of hydrogen-bond donors (Lipinski definition) is 1. The number of carbonyl (C=O) groups excluding carboxylic acids is 2. The second kappa shape index (κ2) is 11.1. The van der Waals surface area contributed by atoms with Crippen LogP contribution < -0.4 is 14.4 Å². The second-order valence-corrected chi connectivity index (χ2v) is 9.77. The lowest BCUT2D eigenvalue weighted by Gasteiger charge is -2.26. The van der Waals surface area contributed by atoms with Crippen LogP contribution in [0.5, 0.6) is 11.5 Å². The first kappa shape index (κ1) is 26.3. The third kappa shape index (κ3) is 5.49. The number of Topliss-reactive ketones (excluding diaryl/α,β-unsaturated/α-hetero) is 1. The Kier molecular flexibility index (Phi) is 7.89. The van der Waals surface area contributed by atoms with Gasteiger partial charge in [0.1, 0.15) is 17.3 Å². The minimum absolute atomic E-state index is 0.0527. The fourth-order valence-electron chi connectivity index (χ4n) is 4.32. The lowest BCUT2D eigenvalue weighted by Crippen LogP contribution is -2.29. The highest BCUT2D eigenvalue weighted by atomic mass is 35.5. The summed E-state index contributed by atoms with van der Waals surface area (Å²) in [6.45, 7) is 8.79. The van der Waals surface area contributed by atoms with Gasteiger partial charge in [0.2, 0.25) is 0 Å². The van der Waals surface area contributed by atoms with Gasteiger partial charge >= 0.3 is 0 Å². The third-order valence-corrected chi connectivity index (χ3v) is 6.31. The molecule has 1 N–H and O–H groups in total. The van der Waals surface area contributed by atoms with Gasteiger partial charge in [-0.1, -0.05) is 49.7 Å². The Morgan fingerprint density at radius 3 is 2.43 bits per heavy atom. The quantitative estimate of drug-likeness (QED) is 0.203. The molecule has 0 aromatic heterocycles. The molecule has 1 fully saturated rings. The molecule has 1 amide bonds. The van der Waals surface area contributed by atoms with E-state index in [9.17, 15) is 14.7 Å². The van der Waals surface area contributed by atoms with Crippen molar-refractivity contribution in [1.82, 2.24) is 0 Å². The Balaban J connectivity index is 1.92. The molecule has 1 aliphatic heterocycles. The average molecular weight is 520 g/mol. The van der Waals surface area contributed by atoms with Crippen molar-refractivity contribution in [2.24, 2.45) is 5.92 Å². The number of rotatable bonds is 8. The summed E-state index contributed by atoms with van der Waals surface area (Å²) in [6.07, 6.45) is 0. The van der Waals surface area contributed by atoms with Gasteiger partial charge in [-0.05, 0) is 73.4 Å². The van der Waals surface area contributed by atoms with E-state index in [1.54, 1.807) is 30.3 Å². The second-order valence-electron chi connectivity index (χ2n) is 9.36. The molecule has 1 heterocycles. The predicted octanol–water partition coefficient (Wildman–Crippen LogP) is 6.71. The van der Waals surface area contributed by atoms with Gasteiger partial charge in [-0.15, -0.1) is 0 Å². The molecule has 7 heteroatoms. The van der Waals surface area contributed by atoms with E-state index in [0.717, 1.165) is 5.56 Å². The molecule has 1 saturated heterocycles. The first-order valence-electron chi connectivity index (χ1n) is 12.2. The van der Waals surface area contributed by atoms with E-state index in [-0.39, 0.29) is 21.9 Å². The molecular formula is C30H30ClNO5. The van der Waals surface area contributed by atoms with Crippen molar-refractivity contribution >= 4 is 34.7 Å². The number of amides is 1. The van der Waals surface area contributed by atoms with Crippen LogP contribution in [0.1, 0.15) is 43.5 Å². The van der Waals surface area contributed by atoms with E-state index >= 15 is 0 Å². The maximum absolute atomic E-state index is 13.5. The molecule has 192 valence electrons. The largest absolute Gasteiger partial charge is 0.507 e. The number of aliphatic hydroxyl groups excluding tert-OH is 1. The Morgan fingerprint density at radius 2 is 1.73 bits per heavy atom. The number of anilines is 1. The van der Waals surface area contributed by atoms with E-state index in [1.165, 1.54) is 4.90 Å². The average Bonchev–Trinajstić information content (AvgIpc) is 3.14. The summed E-state index contributed by atoms with van der Waals surface area (Å²) in [4.78, 5) is 28.3. The van der Waals surface area contributed by atoms with Crippen molar-refractivity contribution in [3.63, 3.8) is 0 Å². The number of aliphatic hydroxyl groups is 1. The van der Waals surface area contributed by atoms with Crippen LogP contribution in [-0.2, 0) is 9.59 Å². The lowest BCUT2D eigenvalue weighted by molar-refractivity contribution is -0.132. The van der Waals surface area contributed by atoms with E-state index < -0.39 is 17.7 Å². The highest BCUT2D eigenvalue weighted by molar-refractivity contribution is 6.52. The number of hydrogen-bond acceptors (Lipinski definition) is 5. The van der Waals surface area contributed by atoms with Crippen molar-refractivity contribution in [2.75, 3.05) is 18.1 Å². The molecule has 6 nitrogen and oxygen atoms in total. The molecule has 0 spiro atoms. The number of aryl methyl sites for hydroxylation is 1. The monoisotopic (exact) mass is 519 g/mol. The van der Waals surface area contributed by atoms with Gasteiger partial charge in [0.25, 0.3) is 11.7 Å². The number of benzene rings is 3. The van der Waals surface area contributed by atoms with Crippen molar-refractivity contribution in [3.8, 4) is 11.5 Å². The molecule has 0 bridgehead atoms. The third-order valence-electron chi connectivity index (χ3n) is 5.99. The Labute approximate surface area is 222 Å². The van der Waals surface area contributed by atoms with Gasteiger partial charge in [-0.2, -0.15) is 0 Å². The zero-order chi connectivity index (χ0) is 26.7. The summed E-state index contributed by atoms with van der Waals surface area (Å²) in [5.41, 5.74) is 2.27. The molecule has 37 heavy (non-hydrogen) atoms. The van der Waals surface area contributed by atoms with E-state index in [1.807, 2.05) is 50.2 Å². The molecule has 0 aliphatic carbocycles. The Morgan fingerprint density at radius 1 is 1.00 bits per heavy atom. The van der Waals surface area contributed by atoms with Crippen LogP contribution in [-0.4, -0.2) is 30.0 Å². The van der Waals surface area contributed by atoms with Crippen LogP contribution in [0.2, 0.25) is 5.02 Å². The molecule has 0 radical (unpaired) electrons. The Hall–Kier alpha value is -3.77. The SMILES string of the molecule is CCOc1ccc(Cl)c(/C(O)=C2\C(=O)C(=O)N(c3cccc(C)c3)C2c2cccc(OCC(C)C)c2)c1. The van der Waals surface area contributed by atoms with Crippen molar-refractivity contribution in [1.29, 1.82) is 0 Å².